The molecule has 0 spiro atoms. The second-order valence-corrected chi connectivity index (χ2v) is 3.94. The summed E-state index contributed by atoms with van der Waals surface area (Å²) >= 11 is 0. The first kappa shape index (κ1) is 16.8. The molecule has 0 heterocycles. The first-order valence-electron chi connectivity index (χ1n) is 6.97. The third-order valence-corrected chi connectivity index (χ3v) is 2.59. The molecule has 0 saturated carbocycles. The van der Waals surface area contributed by atoms with Crippen molar-refractivity contribution in [2.45, 2.75) is 13.8 Å². The minimum absolute atomic E-state index is 0.230. The minimum Gasteiger partial charge on any atom is -0.497 e. The van der Waals surface area contributed by atoms with Gasteiger partial charge in [0.2, 0.25) is 0 Å². The molecule has 0 atom stereocenters. The molecule has 0 amide bonds. The van der Waals surface area contributed by atoms with Crippen LogP contribution in [0.25, 0.3) is 6.08 Å². The fourth-order valence-corrected chi connectivity index (χ4v) is 1.57. The lowest BCUT2D eigenvalue weighted by atomic mass is 10.2. The first-order valence-corrected chi connectivity index (χ1v) is 6.97. The quantitative estimate of drug-likeness (QED) is 0.774. The van der Waals surface area contributed by atoms with Gasteiger partial charge in [0.25, 0.3) is 0 Å². The summed E-state index contributed by atoms with van der Waals surface area (Å²) in [4.78, 5) is 0. The third kappa shape index (κ3) is 6.13. The van der Waals surface area contributed by atoms with Crippen molar-refractivity contribution >= 4 is 6.08 Å². The Morgan fingerprint density at radius 2 is 1.48 bits per heavy atom. The highest BCUT2D eigenvalue weighted by Gasteiger charge is 1.93. The van der Waals surface area contributed by atoms with Crippen molar-refractivity contribution in [2.24, 2.45) is 0 Å². The molecule has 21 heavy (non-hydrogen) atoms. The SMILES string of the molecule is CC.COc1ccc(OC/C=C/c2ccc(F)cc2)cc1. The van der Waals surface area contributed by atoms with E-state index in [2.05, 4.69) is 0 Å². The normalized spacial score (nSPS) is 9.90. The van der Waals surface area contributed by atoms with E-state index < -0.39 is 0 Å². The molecular formula is C18H21FO2. The van der Waals surface area contributed by atoms with E-state index in [-0.39, 0.29) is 5.82 Å². The summed E-state index contributed by atoms with van der Waals surface area (Å²) < 4.78 is 23.3. The highest BCUT2D eigenvalue weighted by atomic mass is 19.1. The lowest BCUT2D eigenvalue weighted by Crippen LogP contribution is -1.93. The Balaban J connectivity index is 0.00000106. The number of benzene rings is 2. The van der Waals surface area contributed by atoms with Crippen molar-refractivity contribution in [1.82, 2.24) is 0 Å². The fraction of sp³-hybridized carbons (Fsp3) is 0.222. The lowest BCUT2D eigenvalue weighted by molar-refractivity contribution is 0.361. The minimum atomic E-state index is -0.230. The number of hydrogen-bond donors (Lipinski definition) is 0. The average molecular weight is 288 g/mol. The molecule has 0 bridgehead atoms. The number of methoxy groups -OCH3 is 1. The highest BCUT2D eigenvalue weighted by Crippen LogP contribution is 2.16. The van der Waals surface area contributed by atoms with Gasteiger partial charge in [0, 0.05) is 0 Å². The van der Waals surface area contributed by atoms with Crippen LogP contribution >= 0.6 is 0 Å². The van der Waals surface area contributed by atoms with Crippen LogP contribution in [0.1, 0.15) is 19.4 Å². The molecule has 2 rings (SSSR count). The molecule has 0 saturated heterocycles. The zero-order valence-electron chi connectivity index (χ0n) is 12.7. The Kier molecular flexibility index (Phi) is 7.65. The van der Waals surface area contributed by atoms with Crippen LogP contribution in [-0.4, -0.2) is 13.7 Å². The van der Waals surface area contributed by atoms with Gasteiger partial charge in [-0.3, -0.25) is 0 Å². The largest absolute Gasteiger partial charge is 0.497 e. The predicted octanol–water partition coefficient (Wildman–Crippen LogP) is 4.95. The van der Waals surface area contributed by atoms with Crippen molar-refractivity contribution in [1.29, 1.82) is 0 Å². The Morgan fingerprint density at radius 3 is 2.05 bits per heavy atom. The molecule has 0 fully saturated rings. The van der Waals surface area contributed by atoms with Gasteiger partial charge in [0.05, 0.1) is 7.11 Å². The lowest BCUT2D eigenvalue weighted by Gasteiger charge is -2.04. The smallest absolute Gasteiger partial charge is 0.123 e. The molecule has 2 aromatic rings. The van der Waals surface area contributed by atoms with Gasteiger partial charge in [-0.1, -0.05) is 32.1 Å². The van der Waals surface area contributed by atoms with Gasteiger partial charge in [0.15, 0.2) is 0 Å². The molecule has 0 aliphatic rings. The average Bonchev–Trinajstić information content (AvgIpc) is 2.56. The molecule has 0 aliphatic carbocycles. The summed E-state index contributed by atoms with van der Waals surface area (Å²) in [5, 5.41) is 0. The molecule has 0 aliphatic heterocycles. The van der Waals surface area contributed by atoms with Gasteiger partial charge in [0.1, 0.15) is 23.9 Å². The van der Waals surface area contributed by atoms with Gasteiger partial charge in [-0.05, 0) is 48.0 Å². The maximum absolute atomic E-state index is 12.7. The predicted molar refractivity (Wildman–Crippen MR) is 85.3 cm³/mol. The monoisotopic (exact) mass is 288 g/mol. The van der Waals surface area contributed by atoms with E-state index in [9.17, 15) is 4.39 Å². The fourth-order valence-electron chi connectivity index (χ4n) is 1.57. The van der Waals surface area contributed by atoms with Crippen LogP contribution in [0.4, 0.5) is 4.39 Å². The number of ether oxygens (including phenoxy) is 2. The van der Waals surface area contributed by atoms with E-state index in [0.717, 1.165) is 17.1 Å². The summed E-state index contributed by atoms with van der Waals surface area (Å²) in [6.07, 6.45) is 3.78. The summed E-state index contributed by atoms with van der Waals surface area (Å²) in [6.45, 7) is 4.46. The topological polar surface area (TPSA) is 18.5 Å². The van der Waals surface area contributed by atoms with Crippen LogP contribution in [0.3, 0.4) is 0 Å². The van der Waals surface area contributed by atoms with E-state index in [0.29, 0.717) is 6.61 Å². The molecule has 0 radical (unpaired) electrons. The maximum atomic E-state index is 12.7. The summed E-state index contributed by atoms with van der Waals surface area (Å²) in [5.74, 6) is 1.35. The van der Waals surface area contributed by atoms with Crippen molar-refractivity contribution < 1.29 is 13.9 Å². The second-order valence-electron chi connectivity index (χ2n) is 3.94. The first-order chi connectivity index (χ1) is 10.3. The van der Waals surface area contributed by atoms with E-state index in [1.165, 1.54) is 12.1 Å². The van der Waals surface area contributed by atoms with E-state index >= 15 is 0 Å². The number of hydrogen-bond acceptors (Lipinski definition) is 2. The van der Waals surface area contributed by atoms with Crippen molar-refractivity contribution in [3.8, 4) is 11.5 Å². The van der Waals surface area contributed by atoms with Gasteiger partial charge in [-0.15, -0.1) is 0 Å². The number of rotatable bonds is 5. The Hall–Kier alpha value is -2.29. The molecule has 2 nitrogen and oxygen atoms in total. The Morgan fingerprint density at radius 1 is 0.905 bits per heavy atom. The molecule has 112 valence electrons. The van der Waals surface area contributed by atoms with Crippen LogP contribution in [0.5, 0.6) is 11.5 Å². The van der Waals surface area contributed by atoms with Crippen molar-refractivity contribution in [2.75, 3.05) is 13.7 Å². The zero-order chi connectivity index (χ0) is 15.5. The second kappa shape index (κ2) is 9.59. The van der Waals surface area contributed by atoms with E-state index in [1.807, 2.05) is 50.3 Å². The van der Waals surface area contributed by atoms with Gasteiger partial charge in [-0.25, -0.2) is 4.39 Å². The Bertz CT molecular complexity index is 530. The van der Waals surface area contributed by atoms with Crippen LogP contribution in [0.2, 0.25) is 0 Å². The van der Waals surface area contributed by atoms with E-state index in [4.69, 9.17) is 9.47 Å². The number of halogens is 1. The van der Waals surface area contributed by atoms with Crippen LogP contribution in [-0.2, 0) is 0 Å². The zero-order valence-corrected chi connectivity index (χ0v) is 12.7. The third-order valence-electron chi connectivity index (χ3n) is 2.59. The molecule has 3 heteroatoms. The molecular weight excluding hydrogens is 267 g/mol. The Labute approximate surface area is 125 Å². The van der Waals surface area contributed by atoms with Gasteiger partial charge < -0.3 is 9.47 Å². The van der Waals surface area contributed by atoms with Gasteiger partial charge >= 0.3 is 0 Å². The molecule has 0 aromatic heterocycles. The summed E-state index contributed by atoms with van der Waals surface area (Å²) in [7, 11) is 1.63. The standard InChI is InChI=1S/C16H15FO2.C2H6/c1-18-15-8-10-16(11-9-15)19-12-2-3-13-4-6-14(17)7-5-13;1-2/h2-11H,12H2,1H3;1-2H3/b3-2+;. The summed E-state index contributed by atoms with van der Waals surface area (Å²) in [6, 6.07) is 13.7. The van der Waals surface area contributed by atoms with Crippen LogP contribution < -0.4 is 9.47 Å². The maximum Gasteiger partial charge on any atom is 0.123 e. The summed E-state index contributed by atoms with van der Waals surface area (Å²) in [5.41, 5.74) is 0.944. The molecule has 0 unspecified atom stereocenters. The van der Waals surface area contributed by atoms with Gasteiger partial charge in [-0.2, -0.15) is 0 Å². The molecule has 2 aromatic carbocycles. The van der Waals surface area contributed by atoms with Crippen molar-refractivity contribution in [3.63, 3.8) is 0 Å². The highest BCUT2D eigenvalue weighted by molar-refractivity contribution is 5.48. The van der Waals surface area contributed by atoms with E-state index in [1.54, 1.807) is 19.2 Å². The van der Waals surface area contributed by atoms with Crippen LogP contribution in [0.15, 0.2) is 54.6 Å². The van der Waals surface area contributed by atoms with Crippen molar-refractivity contribution in [3.05, 3.63) is 66.0 Å². The van der Waals surface area contributed by atoms with Crippen LogP contribution in [0, 0.1) is 5.82 Å². The molecule has 0 N–H and O–H groups in total.